The van der Waals surface area contributed by atoms with Crippen molar-refractivity contribution in [1.82, 2.24) is 25.6 Å². The minimum absolute atomic E-state index is 0.448. The predicted octanol–water partition coefficient (Wildman–Crippen LogP) is 5.09. The number of nitrogens with one attached hydrogen (secondary N) is 1. The number of pyridine rings is 1. The number of aromatic nitrogens is 5. The Balaban J connectivity index is 1.17. The van der Waals surface area contributed by atoms with Crippen LogP contribution in [0.1, 0.15) is 28.2 Å². The topological polar surface area (TPSA) is 76.6 Å². The van der Waals surface area contributed by atoms with Crippen LogP contribution < -0.4 is 4.74 Å². The molecule has 0 bridgehead atoms. The first-order chi connectivity index (χ1) is 15.8. The Morgan fingerprint density at radius 2 is 1.56 bits per heavy atom. The molecular formula is C26H21N5O. The van der Waals surface area contributed by atoms with Crippen molar-refractivity contribution in [3.8, 4) is 5.75 Å². The molecule has 5 aromatic rings. The van der Waals surface area contributed by atoms with E-state index in [0.717, 1.165) is 34.3 Å². The molecule has 0 spiro atoms. The van der Waals surface area contributed by atoms with Gasteiger partial charge in [0.05, 0.1) is 11.2 Å². The van der Waals surface area contributed by atoms with Crippen molar-refractivity contribution in [3.63, 3.8) is 0 Å². The average molecular weight is 419 g/mol. The molecule has 6 nitrogen and oxygen atoms in total. The summed E-state index contributed by atoms with van der Waals surface area (Å²) in [7, 11) is 0. The SMILES string of the molecule is C(=Cc1nnn[nH]1)c1ccc(Cc2ccc(OCc3ccc4ccccc4n3)cc2)cc1. The van der Waals surface area contributed by atoms with Gasteiger partial charge in [-0.3, -0.25) is 0 Å². The van der Waals surface area contributed by atoms with Gasteiger partial charge in [-0.15, -0.1) is 5.10 Å². The normalized spacial score (nSPS) is 11.2. The van der Waals surface area contributed by atoms with Gasteiger partial charge in [0, 0.05) is 5.39 Å². The van der Waals surface area contributed by atoms with Crippen LogP contribution in [0.2, 0.25) is 0 Å². The fraction of sp³-hybridized carbons (Fsp3) is 0.0769. The van der Waals surface area contributed by atoms with E-state index in [2.05, 4.69) is 74.1 Å². The highest BCUT2D eigenvalue weighted by Gasteiger charge is 2.02. The first-order valence-electron chi connectivity index (χ1n) is 10.4. The van der Waals surface area contributed by atoms with Crippen molar-refractivity contribution in [1.29, 1.82) is 0 Å². The number of aromatic amines is 1. The number of hydrogen-bond acceptors (Lipinski definition) is 5. The molecule has 2 heterocycles. The summed E-state index contributed by atoms with van der Waals surface area (Å²) in [6, 6.07) is 28.9. The number of rotatable bonds is 7. The fourth-order valence-electron chi connectivity index (χ4n) is 3.44. The quantitative estimate of drug-likeness (QED) is 0.398. The minimum Gasteiger partial charge on any atom is -0.487 e. The van der Waals surface area contributed by atoms with Gasteiger partial charge in [-0.25, -0.2) is 10.1 Å². The molecule has 0 aliphatic rings. The molecule has 1 N–H and O–H groups in total. The number of hydrogen-bond donors (Lipinski definition) is 1. The number of tetrazole rings is 1. The first kappa shape index (κ1) is 19.6. The molecule has 2 aromatic heterocycles. The molecule has 32 heavy (non-hydrogen) atoms. The summed E-state index contributed by atoms with van der Waals surface area (Å²) in [6.07, 6.45) is 4.69. The molecule has 6 heteroatoms. The van der Waals surface area contributed by atoms with Crippen LogP contribution in [-0.2, 0) is 13.0 Å². The Kier molecular flexibility index (Phi) is 5.66. The Bertz CT molecular complexity index is 1330. The van der Waals surface area contributed by atoms with Crippen LogP contribution in [0.4, 0.5) is 0 Å². The summed E-state index contributed by atoms with van der Waals surface area (Å²) in [5.41, 5.74) is 5.48. The van der Waals surface area contributed by atoms with E-state index < -0.39 is 0 Å². The monoisotopic (exact) mass is 419 g/mol. The summed E-state index contributed by atoms with van der Waals surface area (Å²) in [4.78, 5) is 4.66. The highest BCUT2D eigenvalue weighted by molar-refractivity contribution is 5.78. The predicted molar refractivity (Wildman–Crippen MR) is 125 cm³/mol. The van der Waals surface area contributed by atoms with Crippen molar-refractivity contribution >= 4 is 23.1 Å². The van der Waals surface area contributed by atoms with Crippen molar-refractivity contribution in [2.24, 2.45) is 0 Å². The Morgan fingerprint density at radius 1 is 0.781 bits per heavy atom. The second kappa shape index (κ2) is 9.22. The summed E-state index contributed by atoms with van der Waals surface area (Å²) < 4.78 is 5.93. The zero-order valence-electron chi connectivity index (χ0n) is 17.3. The third kappa shape index (κ3) is 4.87. The molecule has 0 radical (unpaired) electrons. The molecule has 0 saturated carbocycles. The Morgan fingerprint density at radius 3 is 2.34 bits per heavy atom. The molecule has 0 amide bonds. The average Bonchev–Trinajstić information content (AvgIpc) is 3.37. The van der Waals surface area contributed by atoms with Crippen LogP contribution in [0.5, 0.6) is 5.75 Å². The summed E-state index contributed by atoms with van der Waals surface area (Å²) in [6.45, 7) is 0.448. The lowest BCUT2D eigenvalue weighted by Crippen LogP contribution is -1.98. The van der Waals surface area contributed by atoms with E-state index in [4.69, 9.17) is 4.74 Å². The first-order valence-corrected chi connectivity index (χ1v) is 10.4. The smallest absolute Gasteiger partial charge is 0.172 e. The van der Waals surface area contributed by atoms with Crippen LogP contribution in [0.3, 0.4) is 0 Å². The van der Waals surface area contributed by atoms with E-state index in [1.54, 1.807) is 0 Å². The molecule has 5 rings (SSSR count). The van der Waals surface area contributed by atoms with E-state index in [-0.39, 0.29) is 0 Å². The van der Waals surface area contributed by atoms with E-state index in [0.29, 0.717) is 12.4 Å². The van der Waals surface area contributed by atoms with Gasteiger partial charge < -0.3 is 4.74 Å². The molecule has 0 saturated heterocycles. The van der Waals surface area contributed by atoms with Gasteiger partial charge in [0.1, 0.15) is 12.4 Å². The summed E-state index contributed by atoms with van der Waals surface area (Å²) in [5.74, 6) is 1.47. The number of para-hydroxylation sites is 1. The lowest BCUT2D eigenvalue weighted by molar-refractivity contribution is 0.301. The van der Waals surface area contributed by atoms with Crippen molar-refractivity contribution in [2.75, 3.05) is 0 Å². The van der Waals surface area contributed by atoms with Gasteiger partial charge in [0.2, 0.25) is 0 Å². The van der Waals surface area contributed by atoms with Crippen LogP contribution in [0.25, 0.3) is 23.1 Å². The highest BCUT2D eigenvalue weighted by atomic mass is 16.5. The van der Waals surface area contributed by atoms with Crippen molar-refractivity contribution in [2.45, 2.75) is 13.0 Å². The molecule has 3 aromatic carbocycles. The number of ether oxygens (including phenoxy) is 1. The van der Waals surface area contributed by atoms with Gasteiger partial charge in [0.15, 0.2) is 5.82 Å². The molecule has 0 atom stereocenters. The molecule has 0 unspecified atom stereocenters. The van der Waals surface area contributed by atoms with Crippen molar-refractivity contribution < 1.29 is 4.74 Å². The van der Waals surface area contributed by atoms with E-state index in [1.807, 2.05) is 48.6 Å². The zero-order valence-corrected chi connectivity index (χ0v) is 17.3. The number of nitrogens with zero attached hydrogens (tertiary/aromatic N) is 4. The minimum atomic E-state index is 0.448. The molecule has 156 valence electrons. The van der Waals surface area contributed by atoms with Gasteiger partial charge in [-0.05, 0) is 63.9 Å². The number of H-pyrrole nitrogens is 1. The molecule has 0 aliphatic heterocycles. The maximum atomic E-state index is 5.93. The van der Waals surface area contributed by atoms with Gasteiger partial charge in [-0.2, -0.15) is 0 Å². The summed E-state index contributed by atoms with van der Waals surface area (Å²) >= 11 is 0. The third-order valence-electron chi connectivity index (χ3n) is 5.15. The second-order valence-electron chi connectivity index (χ2n) is 7.47. The third-order valence-corrected chi connectivity index (χ3v) is 5.15. The van der Waals surface area contributed by atoms with E-state index >= 15 is 0 Å². The van der Waals surface area contributed by atoms with Crippen LogP contribution in [-0.4, -0.2) is 25.6 Å². The van der Waals surface area contributed by atoms with Gasteiger partial charge >= 0.3 is 0 Å². The molecule has 0 aliphatic carbocycles. The Hall–Kier alpha value is -4.32. The van der Waals surface area contributed by atoms with Gasteiger partial charge in [0.25, 0.3) is 0 Å². The zero-order chi connectivity index (χ0) is 21.6. The maximum absolute atomic E-state index is 5.93. The van der Waals surface area contributed by atoms with Gasteiger partial charge in [-0.1, -0.05) is 66.7 Å². The van der Waals surface area contributed by atoms with Crippen molar-refractivity contribution in [3.05, 3.63) is 113 Å². The van der Waals surface area contributed by atoms with Crippen LogP contribution >= 0.6 is 0 Å². The molecule has 0 fully saturated rings. The second-order valence-corrected chi connectivity index (χ2v) is 7.47. The molecular weight excluding hydrogens is 398 g/mol. The van der Waals surface area contributed by atoms with Crippen LogP contribution in [0, 0.1) is 0 Å². The highest BCUT2D eigenvalue weighted by Crippen LogP contribution is 2.18. The number of benzene rings is 3. The largest absolute Gasteiger partial charge is 0.487 e. The fourth-order valence-corrected chi connectivity index (χ4v) is 3.44. The summed E-state index contributed by atoms with van der Waals surface area (Å²) in [5, 5.41) is 14.8. The number of fused-ring (bicyclic) bond motifs is 1. The standard InChI is InChI=1S/C26H21N5O/c1-2-4-25-22(3-1)12-13-23(27-25)18-32-24-14-9-21(10-15-24)17-20-7-5-19(6-8-20)11-16-26-28-30-31-29-26/h1-16H,17-18H2,(H,28,29,30,31). The van der Waals surface area contributed by atoms with E-state index in [9.17, 15) is 0 Å². The maximum Gasteiger partial charge on any atom is 0.172 e. The Labute approximate surface area is 185 Å². The van der Waals surface area contributed by atoms with E-state index in [1.165, 1.54) is 11.1 Å². The lowest BCUT2D eigenvalue weighted by Gasteiger charge is -2.08. The lowest BCUT2D eigenvalue weighted by atomic mass is 10.0. The van der Waals surface area contributed by atoms with Crippen LogP contribution in [0.15, 0.2) is 84.9 Å².